The zero-order chi connectivity index (χ0) is 10.7. The highest BCUT2D eigenvalue weighted by Crippen LogP contribution is 2.29. The fourth-order valence-electron chi connectivity index (χ4n) is 2.05. The topological polar surface area (TPSA) is 39.2 Å². The highest BCUT2D eigenvalue weighted by Gasteiger charge is 2.23. The third-order valence-corrected chi connectivity index (χ3v) is 2.93. The smallest absolute Gasteiger partial charge is 0.212 e. The largest absolute Gasteiger partial charge is 0.481 e. The normalized spacial score (nSPS) is 21.4. The molecule has 1 unspecified atom stereocenters. The number of ether oxygens (including phenoxy) is 1. The second-order valence-corrected chi connectivity index (χ2v) is 3.90. The van der Waals surface area contributed by atoms with Crippen molar-refractivity contribution >= 4 is 5.78 Å². The van der Waals surface area contributed by atoms with E-state index in [2.05, 4.69) is 4.98 Å². The van der Waals surface area contributed by atoms with E-state index in [-0.39, 0.29) is 5.92 Å². The number of Topliss-reactive ketones (excluding diaryl/α,β-unsaturated/α-hetero) is 1. The Morgan fingerprint density at radius 3 is 2.87 bits per heavy atom. The molecule has 15 heavy (non-hydrogen) atoms. The summed E-state index contributed by atoms with van der Waals surface area (Å²) in [6.45, 7) is 0. The molecular weight excluding hydrogens is 190 g/mol. The van der Waals surface area contributed by atoms with Crippen LogP contribution >= 0.6 is 0 Å². The molecule has 80 valence electrons. The molecule has 0 aliphatic heterocycles. The minimum Gasteiger partial charge on any atom is -0.481 e. The van der Waals surface area contributed by atoms with Gasteiger partial charge in [-0.3, -0.25) is 4.79 Å². The third kappa shape index (κ3) is 2.17. The summed E-state index contributed by atoms with van der Waals surface area (Å²) in [5.74, 6) is 1.02. The molecule has 1 fully saturated rings. The van der Waals surface area contributed by atoms with Gasteiger partial charge in [-0.1, -0.05) is 12.5 Å². The van der Waals surface area contributed by atoms with Crippen LogP contribution in [0, 0.1) is 0 Å². The fraction of sp³-hybridized carbons (Fsp3) is 0.500. The lowest BCUT2D eigenvalue weighted by Crippen LogP contribution is -2.17. The monoisotopic (exact) mass is 205 g/mol. The molecule has 1 aromatic heterocycles. The predicted octanol–water partition coefficient (Wildman–Crippen LogP) is 2.32. The van der Waals surface area contributed by atoms with Crippen LogP contribution in [-0.2, 0) is 4.79 Å². The number of hydrogen-bond acceptors (Lipinski definition) is 3. The van der Waals surface area contributed by atoms with Gasteiger partial charge in [-0.15, -0.1) is 0 Å². The number of carbonyl (C=O) groups is 1. The third-order valence-electron chi connectivity index (χ3n) is 2.93. The lowest BCUT2D eigenvalue weighted by molar-refractivity contribution is -0.121. The van der Waals surface area contributed by atoms with Crippen molar-refractivity contribution in [2.45, 2.75) is 31.6 Å². The summed E-state index contributed by atoms with van der Waals surface area (Å²) >= 11 is 0. The van der Waals surface area contributed by atoms with Crippen LogP contribution in [0.25, 0.3) is 0 Å². The van der Waals surface area contributed by atoms with Gasteiger partial charge in [0, 0.05) is 24.6 Å². The number of nitrogens with zero attached hydrogens (tertiary/aromatic N) is 1. The molecular formula is C12H15NO2. The molecule has 0 aromatic carbocycles. The maximum absolute atomic E-state index is 11.7. The molecule has 1 atom stereocenters. The van der Waals surface area contributed by atoms with Crippen LogP contribution in [0.3, 0.4) is 0 Å². The zero-order valence-corrected chi connectivity index (χ0v) is 8.90. The molecule has 1 aliphatic carbocycles. The van der Waals surface area contributed by atoms with Crippen molar-refractivity contribution < 1.29 is 9.53 Å². The standard InChI is InChI=1S/C12H15NO2/c1-15-12-7-6-9(8-13-12)10-4-2-3-5-11(10)14/h6-8,10H,2-5H2,1H3. The number of aromatic nitrogens is 1. The Morgan fingerprint density at radius 2 is 2.27 bits per heavy atom. The average Bonchev–Trinajstić information content (AvgIpc) is 2.30. The summed E-state index contributed by atoms with van der Waals surface area (Å²) < 4.78 is 4.99. The molecule has 2 rings (SSSR count). The summed E-state index contributed by atoms with van der Waals surface area (Å²) in [5, 5.41) is 0. The van der Waals surface area contributed by atoms with Gasteiger partial charge in [-0.25, -0.2) is 4.98 Å². The molecule has 0 saturated heterocycles. The van der Waals surface area contributed by atoms with Crippen molar-refractivity contribution in [3.63, 3.8) is 0 Å². The molecule has 1 heterocycles. The molecule has 0 bridgehead atoms. The highest BCUT2D eigenvalue weighted by atomic mass is 16.5. The first-order valence-electron chi connectivity index (χ1n) is 5.34. The summed E-state index contributed by atoms with van der Waals surface area (Å²) in [5.41, 5.74) is 1.03. The molecule has 1 aromatic rings. The zero-order valence-electron chi connectivity index (χ0n) is 8.90. The predicted molar refractivity (Wildman–Crippen MR) is 57.0 cm³/mol. The molecule has 3 heteroatoms. The molecule has 3 nitrogen and oxygen atoms in total. The van der Waals surface area contributed by atoms with Crippen molar-refractivity contribution in [2.24, 2.45) is 0 Å². The van der Waals surface area contributed by atoms with Gasteiger partial charge < -0.3 is 4.74 Å². The Bertz CT molecular complexity index is 345. The lowest BCUT2D eigenvalue weighted by atomic mass is 9.84. The Kier molecular flexibility index (Phi) is 2.99. The van der Waals surface area contributed by atoms with Crippen molar-refractivity contribution in [1.82, 2.24) is 4.98 Å². The SMILES string of the molecule is COc1ccc(C2CCCCC2=O)cn1. The Morgan fingerprint density at radius 1 is 1.40 bits per heavy atom. The van der Waals surface area contributed by atoms with Crippen molar-refractivity contribution in [1.29, 1.82) is 0 Å². The summed E-state index contributed by atoms with van der Waals surface area (Å²) in [4.78, 5) is 15.8. The molecule has 0 N–H and O–H groups in total. The second kappa shape index (κ2) is 4.43. The van der Waals surface area contributed by atoms with Crippen LogP contribution in [0.1, 0.15) is 37.2 Å². The van der Waals surface area contributed by atoms with Crippen LogP contribution in [0.15, 0.2) is 18.3 Å². The Hall–Kier alpha value is -1.38. The van der Waals surface area contributed by atoms with Gasteiger partial charge in [0.05, 0.1) is 7.11 Å². The minimum absolute atomic E-state index is 0.0668. The fourth-order valence-corrected chi connectivity index (χ4v) is 2.05. The lowest BCUT2D eigenvalue weighted by Gasteiger charge is -2.20. The van der Waals surface area contributed by atoms with Crippen molar-refractivity contribution in [3.05, 3.63) is 23.9 Å². The summed E-state index contributed by atoms with van der Waals surface area (Å²) in [7, 11) is 1.59. The number of methoxy groups -OCH3 is 1. The molecule has 0 radical (unpaired) electrons. The molecule has 1 aliphatic rings. The van der Waals surface area contributed by atoms with Crippen LogP contribution in [0.4, 0.5) is 0 Å². The maximum atomic E-state index is 11.7. The van der Waals surface area contributed by atoms with Gasteiger partial charge in [0.25, 0.3) is 0 Å². The van der Waals surface area contributed by atoms with E-state index in [0.29, 0.717) is 11.7 Å². The van der Waals surface area contributed by atoms with E-state index in [1.54, 1.807) is 13.3 Å². The first-order valence-corrected chi connectivity index (χ1v) is 5.34. The van der Waals surface area contributed by atoms with Gasteiger partial charge in [0.15, 0.2) is 0 Å². The highest BCUT2D eigenvalue weighted by molar-refractivity contribution is 5.86. The van der Waals surface area contributed by atoms with Gasteiger partial charge >= 0.3 is 0 Å². The van der Waals surface area contributed by atoms with Crippen molar-refractivity contribution in [2.75, 3.05) is 7.11 Å². The minimum atomic E-state index is 0.0668. The molecule has 0 spiro atoms. The van der Waals surface area contributed by atoms with E-state index < -0.39 is 0 Å². The van der Waals surface area contributed by atoms with Crippen LogP contribution in [0.5, 0.6) is 5.88 Å². The second-order valence-electron chi connectivity index (χ2n) is 3.90. The number of ketones is 1. The maximum Gasteiger partial charge on any atom is 0.212 e. The van der Waals surface area contributed by atoms with Crippen molar-refractivity contribution in [3.8, 4) is 5.88 Å². The first kappa shape index (κ1) is 10.1. The number of carbonyl (C=O) groups excluding carboxylic acids is 1. The number of rotatable bonds is 2. The Labute approximate surface area is 89.5 Å². The van der Waals surface area contributed by atoms with E-state index in [9.17, 15) is 4.79 Å². The first-order chi connectivity index (χ1) is 7.31. The molecule has 0 amide bonds. The Balaban J connectivity index is 2.17. The quantitative estimate of drug-likeness (QED) is 0.743. The number of pyridine rings is 1. The van der Waals surface area contributed by atoms with Gasteiger partial charge in [0.2, 0.25) is 5.88 Å². The van der Waals surface area contributed by atoms with E-state index in [4.69, 9.17) is 4.74 Å². The molecule has 1 saturated carbocycles. The van der Waals surface area contributed by atoms with E-state index in [1.165, 1.54) is 0 Å². The van der Waals surface area contributed by atoms with Crippen LogP contribution < -0.4 is 4.74 Å². The average molecular weight is 205 g/mol. The van der Waals surface area contributed by atoms with E-state index >= 15 is 0 Å². The van der Waals surface area contributed by atoms with E-state index in [1.807, 2.05) is 12.1 Å². The van der Waals surface area contributed by atoms with Gasteiger partial charge in [-0.05, 0) is 18.4 Å². The summed E-state index contributed by atoms with van der Waals surface area (Å²) in [6.07, 6.45) is 5.62. The van der Waals surface area contributed by atoms with Crippen LogP contribution in [0.2, 0.25) is 0 Å². The summed E-state index contributed by atoms with van der Waals surface area (Å²) in [6, 6.07) is 3.76. The van der Waals surface area contributed by atoms with Gasteiger partial charge in [0.1, 0.15) is 5.78 Å². The number of hydrogen-bond donors (Lipinski definition) is 0. The van der Waals surface area contributed by atoms with Gasteiger partial charge in [-0.2, -0.15) is 0 Å². The van der Waals surface area contributed by atoms with E-state index in [0.717, 1.165) is 31.2 Å². The van der Waals surface area contributed by atoms with Crippen LogP contribution in [-0.4, -0.2) is 17.9 Å².